The van der Waals surface area contributed by atoms with Crippen molar-refractivity contribution in [3.05, 3.63) is 35.9 Å². The smallest absolute Gasteiger partial charge is 0.0839 e. The highest BCUT2D eigenvalue weighted by Gasteiger charge is 2.55. The zero-order valence-corrected chi connectivity index (χ0v) is 19.9. The summed E-state index contributed by atoms with van der Waals surface area (Å²) in [5.41, 5.74) is 8.46. The van der Waals surface area contributed by atoms with E-state index in [9.17, 15) is 0 Å². The van der Waals surface area contributed by atoms with E-state index in [2.05, 4.69) is 69.9 Å². The molecule has 2 saturated carbocycles. The van der Waals surface area contributed by atoms with Crippen molar-refractivity contribution in [2.45, 2.75) is 78.2 Å². The summed E-state index contributed by atoms with van der Waals surface area (Å²) in [5.74, 6) is 2.31. The van der Waals surface area contributed by atoms with Crippen LogP contribution in [0.1, 0.15) is 72.3 Å². The number of hydrogen-bond donors (Lipinski definition) is 1. The average Bonchev–Trinajstić information content (AvgIpc) is 2.68. The standard InChI is InChI=1S/C26H40N2S/c1-18-13-26(21-9-7-6-8-10-21)15-20(19(18)2)14-25(5,16-26)23(29)28-12-11-22(27)24(3,4)17-28/h6-10,18-20,22H,11-17,27H2,1-5H3. The molecule has 6 unspecified atom stereocenters. The monoisotopic (exact) mass is 412 g/mol. The Morgan fingerprint density at radius 2 is 1.76 bits per heavy atom. The lowest BCUT2D eigenvalue weighted by Gasteiger charge is -2.58. The Hall–Kier alpha value is -0.930. The van der Waals surface area contributed by atoms with Crippen LogP contribution in [0.15, 0.2) is 30.3 Å². The Balaban J connectivity index is 1.66. The highest BCUT2D eigenvalue weighted by atomic mass is 32.1. The fraction of sp³-hybridized carbons (Fsp3) is 0.731. The van der Waals surface area contributed by atoms with Gasteiger partial charge in [-0.2, -0.15) is 0 Å². The zero-order chi connectivity index (χ0) is 21.0. The first-order valence-corrected chi connectivity index (χ1v) is 12.1. The van der Waals surface area contributed by atoms with Crippen LogP contribution in [0.2, 0.25) is 0 Å². The summed E-state index contributed by atoms with van der Waals surface area (Å²) in [5, 5.41) is 0. The second-order valence-electron chi connectivity index (χ2n) is 11.7. The van der Waals surface area contributed by atoms with Crippen LogP contribution in [0, 0.1) is 28.6 Å². The van der Waals surface area contributed by atoms with Crippen molar-refractivity contribution in [3.8, 4) is 0 Å². The predicted molar refractivity (Wildman–Crippen MR) is 127 cm³/mol. The van der Waals surface area contributed by atoms with Gasteiger partial charge in [0, 0.05) is 24.5 Å². The highest BCUT2D eigenvalue weighted by Crippen LogP contribution is 2.60. The fourth-order valence-electron chi connectivity index (χ4n) is 7.06. The molecule has 160 valence electrons. The van der Waals surface area contributed by atoms with E-state index in [0.29, 0.717) is 0 Å². The molecule has 1 saturated heterocycles. The normalized spacial score (nSPS) is 41.8. The molecule has 3 heteroatoms. The van der Waals surface area contributed by atoms with Crippen molar-refractivity contribution >= 4 is 17.2 Å². The van der Waals surface area contributed by atoms with Gasteiger partial charge in [-0.25, -0.2) is 0 Å². The lowest BCUT2D eigenvalue weighted by atomic mass is 9.48. The third-order valence-electron chi connectivity index (χ3n) is 8.95. The molecule has 1 aromatic carbocycles. The number of fused-ring (bicyclic) bond motifs is 2. The molecule has 29 heavy (non-hydrogen) atoms. The lowest BCUT2D eigenvalue weighted by molar-refractivity contribution is 0.00631. The largest absolute Gasteiger partial charge is 0.365 e. The third kappa shape index (κ3) is 3.67. The van der Waals surface area contributed by atoms with E-state index in [1.807, 2.05) is 0 Å². The molecular weight excluding hydrogens is 372 g/mol. The van der Waals surface area contributed by atoms with Crippen molar-refractivity contribution in [2.75, 3.05) is 13.1 Å². The van der Waals surface area contributed by atoms with Crippen LogP contribution in [-0.4, -0.2) is 29.0 Å². The van der Waals surface area contributed by atoms with Gasteiger partial charge in [0.1, 0.15) is 0 Å². The van der Waals surface area contributed by atoms with E-state index in [1.165, 1.54) is 30.7 Å². The second-order valence-corrected chi connectivity index (χ2v) is 12.1. The molecule has 4 rings (SSSR count). The highest BCUT2D eigenvalue weighted by molar-refractivity contribution is 7.80. The molecule has 1 aliphatic heterocycles. The molecule has 0 radical (unpaired) electrons. The first-order chi connectivity index (χ1) is 13.6. The zero-order valence-electron chi connectivity index (χ0n) is 19.1. The van der Waals surface area contributed by atoms with Gasteiger partial charge < -0.3 is 10.6 Å². The molecule has 3 fully saturated rings. The Kier molecular flexibility index (Phi) is 5.39. The van der Waals surface area contributed by atoms with E-state index >= 15 is 0 Å². The minimum absolute atomic E-state index is 0.0972. The lowest BCUT2D eigenvalue weighted by Crippen LogP contribution is -2.59. The number of piperidine rings is 1. The molecular formula is C26H40N2S. The Labute approximate surface area is 183 Å². The molecule has 2 nitrogen and oxygen atoms in total. The van der Waals surface area contributed by atoms with Crippen molar-refractivity contribution < 1.29 is 0 Å². The van der Waals surface area contributed by atoms with E-state index < -0.39 is 0 Å². The minimum atomic E-state index is 0.0972. The van der Waals surface area contributed by atoms with Gasteiger partial charge in [-0.3, -0.25) is 0 Å². The fourth-order valence-corrected chi connectivity index (χ4v) is 7.37. The number of rotatable bonds is 2. The maximum absolute atomic E-state index is 6.42. The molecule has 2 bridgehead atoms. The maximum atomic E-state index is 6.42. The quantitative estimate of drug-likeness (QED) is 0.623. The molecule has 0 spiro atoms. The maximum Gasteiger partial charge on any atom is 0.0839 e. The molecule has 1 aromatic rings. The molecule has 6 atom stereocenters. The molecule has 2 aliphatic carbocycles. The van der Waals surface area contributed by atoms with Crippen LogP contribution in [0.3, 0.4) is 0 Å². The Morgan fingerprint density at radius 1 is 1.07 bits per heavy atom. The van der Waals surface area contributed by atoms with Crippen LogP contribution < -0.4 is 5.73 Å². The molecule has 0 amide bonds. The molecule has 2 N–H and O–H groups in total. The Bertz CT molecular complexity index is 755. The van der Waals surface area contributed by atoms with E-state index in [1.54, 1.807) is 5.56 Å². The van der Waals surface area contributed by atoms with Crippen molar-refractivity contribution in [1.29, 1.82) is 0 Å². The van der Waals surface area contributed by atoms with Crippen LogP contribution in [-0.2, 0) is 5.41 Å². The topological polar surface area (TPSA) is 29.3 Å². The van der Waals surface area contributed by atoms with Gasteiger partial charge in [-0.05, 0) is 66.3 Å². The van der Waals surface area contributed by atoms with Crippen LogP contribution in [0.25, 0.3) is 0 Å². The number of nitrogens with zero attached hydrogens (tertiary/aromatic N) is 1. The van der Waals surface area contributed by atoms with Gasteiger partial charge >= 0.3 is 0 Å². The number of hydrogen-bond acceptors (Lipinski definition) is 2. The second kappa shape index (κ2) is 7.34. The van der Waals surface area contributed by atoms with Crippen LogP contribution >= 0.6 is 12.2 Å². The summed E-state index contributed by atoms with van der Waals surface area (Å²) in [6.45, 7) is 14.1. The first-order valence-electron chi connectivity index (χ1n) is 11.7. The van der Waals surface area contributed by atoms with Crippen LogP contribution in [0.5, 0.6) is 0 Å². The van der Waals surface area contributed by atoms with Crippen molar-refractivity contribution in [3.63, 3.8) is 0 Å². The summed E-state index contributed by atoms with van der Waals surface area (Å²) in [6.07, 6.45) is 6.11. The number of benzene rings is 1. The minimum Gasteiger partial charge on any atom is -0.365 e. The summed E-state index contributed by atoms with van der Waals surface area (Å²) in [4.78, 5) is 3.73. The number of thiocarbonyl (C=S) groups is 1. The Morgan fingerprint density at radius 3 is 2.41 bits per heavy atom. The first kappa shape index (κ1) is 21.3. The SMILES string of the molecule is CC1CC2(c3ccccc3)CC(CC(C)(C(=S)N3CCC(N)C(C)(C)C3)C2)C1C. The van der Waals surface area contributed by atoms with Gasteiger partial charge in [0.2, 0.25) is 0 Å². The molecule has 3 aliphatic rings. The van der Waals surface area contributed by atoms with E-state index in [4.69, 9.17) is 18.0 Å². The van der Waals surface area contributed by atoms with Gasteiger partial charge in [0.05, 0.1) is 4.99 Å². The van der Waals surface area contributed by atoms with E-state index in [0.717, 1.165) is 37.3 Å². The van der Waals surface area contributed by atoms with E-state index in [-0.39, 0.29) is 22.3 Å². The van der Waals surface area contributed by atoms with Gasteiger partial charge in [0.15, 0.2) is 0 Å². The van der Waals surface area contributed by atoms with Crippen molar-refractivity contribution in [2.24, 2.45) is 34.3 Å². The third-order valence-corrected chi connectivity index (χ3v) is 9.70. The average molecular weight is 413 g/mol. The summed E-state index contributed by atoms with van der Waals surface area (Å²) in [7, 11) is 0. The number of likely N-dealkylation sites (tertiary alicyclic amines) is 1. The molecule has 0 aromatic heterocycles. The van der Waals surface area contributed by atoms with Gasteiger partial charge in [-0.15, -0.1) is 0 Å². The predicted octanol–water partition coefficient (Wildman–Crippen LogP) is 5.79. The van der Waals surface area contributed by atoms with Gasteiger partial charge in [0.25, 0.3) is 0 Å². The summed E-state index contributed by atoms with van der Waals surface area (Å²) < 4.78 is 0. The van der Waals surface area contributed by atoms with Gasteiger partial charge in [-0.1, -0.05) is 77.2 Å². The number of nitrogens with two attached hydrogens (primary N) is 1. The van der Waals surface area contributed by atoms with Crippen LogP contribution in [0.4, 0.5) is 0 Å². The summed E-state index contributed by atoms with van der Waals surface area (Å²) in [6, 6.07) is 11.6. The molecule has 1 heterocycles. The summed E-state index contributed by atoms with van der Waals surface area (Å²) >= 11 is 6.28. The van der Waals surface area contributed by atoms with Crippen molar-refractivity contribution in [1.82, 2.24) is 4.90 Å².